The average Bonchev–Trinajstić information content (AvgIpc) is 2.68. The fourth-order valence-corrected chi connectivity index (χ4v) is 4.82. The number of sulfonamides is 1. The Bertz CT molecular complexity index is 970. The van der Waals surface area contributed by atoms with Gasteiger partial charge in [-0.2, -0.15) is 4.31 Å². The number of ketones is 2. The number of nitrogens with zero attached hydrogens (tertiary/aromatic N) is 1. The van der Waals surface area contributed by atoms with Crippen LogP contribution in [-0.4, -0.2) is 37.4 Å². The van der Waals surface area contributed by atoms with Crippen molar-refractivity contribution < 1.29 is 22.4 Å². The number of Topliss-reactive ketones (excluding diaryl/α,β-unsaturated/α-hetero) is 2. The third-order valence-corrected chi connectivity index (χ3v) is 6.62. The lowest BCUT2D eigenvalue weighted by atomic mass is 9.91. The first-order chi connectivity index (χ1) is 12.8. The highest BCUT2D eigenvalue weighted by atomic mass is 32.2. The van der Waals surface area contributed by atoms with Crippen LogP contribution in [0.15, 0.2) is 53.4 Å². The molecule has 142 valence electrons. The highest BCUT2D eigenvalue weighted by molar-refractivity contribution is 7.89. The van der Waals surface area contributed by atoms with Crippen LogP contribution in [0.2, 0.25) is 0 Å². The lowest BCUT2D eigenvalue weighted by molar-refractivity contribution is 0.0872. The number of piperidine rings is 1. The first-order valence-electron chi connectivity index (χ1n) is 8.70. The molecule has 2 aromatic carbocycles. The maximum absolute atomic E-state index is 13.1. The molecule has 5 nitrogen and oxygen atoms in total. The molecule has 0 bridgehead atoms. The Hall–Kier alpha value is -2.38. The zero-order valence-corrected chi connectivity index (χ0v) is 15.7. The van der Waals surface area contributed by atoms with Gasteiger partial charge in [0, 0.05) is 30.1 Å². The molecule has 27 heavy (non-hydrogen) atoms. The molecule has 0 N–H and O–H groups in total. The van der Waals surface area contributed by atoms with Crippen LogP contribution in [0.4, 0.5) is 4.39 Å². The molecule has 1 aliphatic rings. The van der Waals surface area contributed by atoms with E-state index in [0.29, 0.717) is 30.5 Å². The van der Waals surface area contributed by atoms with Crippen molar-refractivity contribution in [2.75, 3.05) is 13.1 Å². The minimum Gasteiger partial charge on any atom is -0.295 e. The van der Waals surface area contributed by atoms with Crippen LogP contribution in [0.3, 0.4) is 0 Å². The predicted octanol–water partition coefficient (Wildman–Crippen LogP) is 3.31. The zero-order valence-electron chi connectivity index (χ0n) is 14.9. The molecule has 1 fully saturated rings. The Labute approximate surface area is 157 Å². The number of rotatable bonds is 5. The van der Waals surface area contributed by atoms with Crippen LogP contribution >= 0.6 is 0 Å². The molecule has 1 unspecified atom stereocenters. The fourth-order valence-electron chi connectivity index (χ4n) is 3.25. The Kier molecular flexibility index (Phi) is 5.53. The summed E-state index contributed by atoms with van der Waals surface area (Å²) in [5.74, 6) is -1.30. The third-order valence-electron chi connectivity index (χ3n) is 4.76. The topological polar surface area (TPSA) is 71.5 Å². The predicted molar refractivity (Wildman–Crippen MR) is 98.7 cm³/mol. The molecule has 0 saturated carbocycles. The Balaban J connectivity index is 1.82. The number of hydrogen-bond donors (Lipinski definition) is 0. The van der Waals surface area contributed by atoms with Crippen LogP contribution in [0.5, 0.6) is 0 Å². The molecule has 0 spiro atoms. The van der Waals surface area contributed by atoms with Gasteiger partial charge in [0.15, 0.2) is 11.6 Å². The lowest BCUT2D eigenvalue weighted by Crippen LogP contribution is -2.42. The zero-order chi connectivity index (χ0) is 19.6. The largest absolute Gasteiger partial charge is 0.295 e. The first kappa shape index (κ1) is 19.4. The van der Waals surface area contributed by atoms with E-state index in [1.165, 1.54) is 53.7 Å². The van der Waals surface area contributed by atoms with Crippen molar-refractivity contribution in [1.82, 2.24) is 4.31 Å². The van der Waals surface area contributed by atoms with E-state index in [1.54, 1.807) is 6.07 Å². The monoisotopic (exact) mass is 389 g/mol. The summed E-state index contributed by atoms with van der Waals surface area (Å²) in [6.07, 6.45) is 1.14. The van der Waals surface area contributed by atoms with E-state index < -0.39 is 21.8 Å². The van der Waals surface area contributed by atoms with Gasteiger partial charge in [-0.3, -0.25) is 9.59 Å². The summed E-state index contributed by atoms with van der Waals surface area (Å²) < 4.78 is 40.3. The lowest BCUT2D eigenvalue weighted by Gasteiger charge is -2.31. The average molecular weight is 389 g/mol. The van der Waals surface area contributed by atoms with Gasteiger partial charge in [0.1, 0.15) is 5.82 Å². The van der Waals surface area contributed by atoms with Crippen molar-refractivity contribution >= 4 is 21.6 Å². The summed E-state index contributed by atoms with van der Waals surface area (Å²) in [4.78, 5) is 24.3. The second kappa shape index (κ2) is 7.70. The molecule has 1 atom stereocenters. The fraction of sp³-hybridized carbons (Fsp3) is 0.300. The second-order valence-electron chi connectivity index (χ2n) is 6.66. The highest BCUT2D eigenvalue weighted by Crippen LogP contribution is 2.26. The maximum Gasteiger partial charge on any atom is 0.243 e. The molecular weight excluding hydrogens is 369 g/mol. The van der Waals surface area contributed by atoms with Crippen molar-refractivity contribution in [2.45, 2.75) is 24.7 Å². The number of halogens is 1. The Morgan fingerprint density at radius 2 is 1.78 bits per heavy atom. The summed E-state index contributed by atoms with van der Waals surface area (Å²) in [5, 5.41) is 0. The van der Waals surface area contributed by atoms with Gasteiger partial charge in [-0.1, -0.05) is 12.1 Å². The van der Waals surface area contributed by atoms with Gasteiger partial charge in [0.05, 0.1) is 4.90 Å². The van der Waals surface area contributed by atoms with Crippen molar-refractivity contribution in [2.24, 2.45) is 5.92 Å². The normalized spacial score (nSPS) is 18.2. The third kappa shape index (κ3) is 4.14. The van der Waals surface area contributed by atoms with E-state index in [2.05, 4.69) is 0 Å². The van der Waals surface area contributed by atoms with Crippen LogP contribution < -0.4 is 0 Å². The molecule has 0 aliphatic carbocycles. The summed E-state index contributed by atoms with van der Waals surface area (Å²) >= 11 is 0. The summed E-state index contributed by atoms with van der Waals surface area (Å²) in [7, 11) is -3.80. The number of hydrogen-bond acceptors (Lipinski definition) is 4. The van der Waals surface area contributed by atoms with Gasteiger partial charge in [-0.15, -0.1) is 0 Å². The van der Waals surface area contributed by atoms with E-state index in [1.807, 2.05) is 0 Å². The van der Waals surface area contributed by atoms with Crippen molar-refractivity contribution in [3.8, 4) is 0 Å². The van der Waals surface area contributed by atoms with E-state index in [0.717, 1.165) is 0 Å². The summed E-state index contributed by atoms with van der Waals surface area (Å²) in [6, 6.07) is 11.2. The molecule has 1 saturated heterocycles. The van der Waals surface area contributed by atoms with E-state index in [-0.39, 0.29) is 23.0 Å². The van der Waals surface area contributed by atoms with Crippen LogP contribution in [0, 0.1) is 11.7 Å². The molecular formula is C20H20FNO4S. The highest BCUT2D eigenvalue weighted by Gasteiger charge is 2.33. The molecule has 1 aliphatic heterocycles. The first-order valence-corrected chi connectivity index (χ1v) is 10.1. The van der Waals surface area contributed by atoms with Crippen molar-refractivity contribution in [1.29, 1.82) is 0 Å². The minimum atomic E-state index is -3.80. The number of carbonyl (C=O) groups excluding carboxylic acids is 2. The quantitative estimate of drug-likeness (QED) is 0.736. The van der Waals surface area contributed by atoms with Crippen molar-refractivity contribution in [3.63, 3.8) is 0 Å². The van der Waals surface area contributed by atoms with Crippen LogP contribution in [-0.2, 0) is 10.0 Å². The molecule has 0 aromatic heterocycles. The summed E-state index contributed by atoms with van der Waals surface area (Å²) in [6.45, 7) is 1.77. The van der Waals surface area contributed by atoms with E-state index in [9.17, 15) is 22.4 Å². The van der Waals surface area contributed by atoms with Gasteiger partial charge < -0.3 is 0 Å². The van der Waals surface area contributed by atoms with Gasteiger partial charge in [0.2, 0.25) is 10.0 Å². The molecule has 1 heterocycles. The van der Waals surface area contributed by atoms with E-state index >= 15 is 0 Å². The van der Waals surface area contributed by atoms with Gasteiger partial charge in [0.25, 0.3) is 0 Å². The van der Waals surface area contributed by atoms with Gasteiger partial charge in [-0.25, -0.2) is 12.8 Å². The molecule has 2 aromatic rings. The Morgan fingerprint density at radius 1 is 1.07 bits per heavy atom. The number of carbonyl (C=O) groups is 2. The van der Waals surface area contributed by atoms with Crippen molar-refractivity contribution in [3.05, 3.63) is 65.5 Å². The standard InChI is InChI=1S/C20H20FNO4S/c1-14(23)16-4-2-6-19(12-16)27(25,26)22-11-3-5-17(13-22)20(24)15-7-9-18(21)10-8-15/h2,4,6-10,12,17H,3,5,11,13H2,1H3. The SMILES string of the molecule is CC(=O)c1cccc(S(=O)(=O)N2CCCC(C(=O)c3ccc(F)cc3)C2)c1. The van der Waals surface area contributed by atoms with Gasteiger partial charge >= 0.3 is 0 Å². The van der Waals surface area contributed by atoms with E-state index in [4.69, 9.17) is 0 Å². The van der Waals surface area contributed by atoms with Crippen LogP contribution in [0.25, 0.3) is 0 Å². The molecule has 7 heteroatoms. The second-order valence-corrected chi connectivity index (χ2v) is 8.60. The van der Waals surface area contributed by atoms with Crippen LogP contribution in [0.1, 0.15) is 40.5 Å². The Morgan fingerprint density at radius 3 is 2.44 bits per heavy atom. The minimum absolute atomic E-state index is 0.0464. The molecule has 0 amide bonds. The number of benzene rings is 2. The maximum atomic E-state index is 13.1. The molecule has 0 radical (unpaired) electrons. The smallest absolute Gasteiger partial charge is 0.243 e. The van der Waals surface area contributed by atoms with Gasteiger partial charge in [-0.05, 0) is 56.2 Å². The summed E-state index contributed by atoms with van der Waals surface area (Å²) in [5.41, 5.74) is 0.700. The molecule has 3 rings (SSSR count).